The fourth-order valence-electron chi connectivity index (χ4n) is 3.48. The van der Waals surface area contributed by atoms with Crippen LogP contribution in [0.15, 0.2) is 60.8 Å². The number of rotatable bonds is 6. The van der Waals surface area contributed by atoms with E-state index in [-0.39, 0.29) is 17.2 Å². The Labute approximate surface area is 178 Å². The Kier molecular flexibility index (Phi) is 6.15. The van der Waals surface area contributed by atoms with Crippen LogP contribution < -0.4 is 0 Å². The lowest BCUT2D eigenvalue weighted by molar-refractivity contribution is -0.384. The summed E-state index contributed by atoms with van der Waals surface area (Å²) in [6.45, 7) is 2.99. The zero-order valence-electron chi connectivity index (χ0n) is 17.0. The molecule has 0 fully saturated rings. The standard InChI is InChI=1S/C22H21N3O6/c1-14(2)20-22(29)23(13-19(26)27)18(15-6-4-3-5-7-15)12-24(20)21(28)16-8-10-17(11-9-16)25(30)31/h3-12,14,20H,13H2,1-2H3,(H,26,27). The van der Waals surface area contributed by atoms with Crippen molar-refractivity contribution in [2.45, 2.75) is 19.9 Å². The van der Waals surface area contributed by atoms with Crippen LogP contribution in [0.2, 0.25) is 0 Å². The van der Waals surface area contributed by atoms with E-state index in [9.17, 15) is 29.6 Å². The van der Waals surface area contributed by atoms with Gasteiger partial charge in [0.15, 0.2) is 0 Å². The number of hydrogen-bond acceptors (Lipinski definition) is 5. The van der Waals surface area contributed by atoms with Gasteiger partial charge in [0.25, 0.3) is 17.5 Å². The predicted octanol–water partition coefficient (Wildman–Crippen LogP) is 2.99. The second-order valence-corrected chi connectivity index (χ2v) is 7.40. The summed E-state index contributed by atoms with van der Waals surface area (Å²) < 4.78 is 0. The van der Waals surface area contributed by atoms with Gasteiger partial charge in [0.2, 0.25) is 0 Å². The van der Waals surface area contributed by atoms with E-state index in [0.29, 0.717) is 11.3 Å². The average molecular weight is 423 g/mol. The van der Waals surface area contributed by atoms with E-state index < -0.39 is 35.3 Å². The van der Waals surface area contributed by atoms with E-state index in [4.69, 9.17) is 0 Å². The highest BCUT2D eigenvalue weighted by Gasteiger charge is 2.41. The van der Waals surface area contributed by atoms with Gasteiger partial charge < -0.3 is 10.0 Å². The summed E-state index contributed by atoms with van der Waals surface area (Å²) in [5.41, 5.74) is 0.903. The van der Waals surface area contributed by atoms with Crippen LogP contribution in [-0.4, -0.2) is 50.2 Å². The van der Waals surface area contributed by atoms with Crippen LogP contribution in [0.25, 0.3) is 5.70 Å². The molecule has 1 aliphatic heterocycles. The molecule has 3 rings (SSSR count). The first-order valence-electron chi connectivity index (χ1n) is 9.58. The Balaban J connectivity index is 2.11. The number of amides is 2. The van der Waals surface area contributed by atoms with Crippen molar-refractivity contribution in [3.05, 3.63) is 82.0 Å². The molecular weight excluding hydrogens is 402 g/mol. The Morgan fingerprint density at radius 3 is 2.23 bits per heavy atom. The topological polar surface area (TPSA) is 121 Å². The number of carbonyl (C=O) groups excluding carboxylic acids is 2. The monoisotopic (exact) mass is 423 g/mol. The fraction of sp³-hybridized carbons (Fsp3) is 0.227. The Bertz CT molecular complexity index is 1050. The van der Waals surface area contributed by atoms with Gasteiger partial charge in [-0.25, -0.2) is 0 Å². The first-order chi connectivity index (χ1) is 14.7. The number of nitro groups is 1. The van der Waals surface area contributed by atoms with Gasteiger partial charge in [-0.05, 0) is 23.6 Å². The van der Waals surface area contributed by atoms with Crippen LogP contribution in [0.3, 0.4) is 0 Å². The summed E-state index contributed by atoms with van der Waals surface area (Å²) in [5, 5.41) is 20.2. The highest BCUT2D eigenvalue weighted by atomic mass is 16.6. The largest absolute Gasteiger partial charge is 0.480 e. The number of benzene rings is 2. The molecule has 2 amide bonds. The van der Waals surface area contributed by atoms with Crippen LogP contribution in [-0.2, 0) is 9.59 Å². The smallest absolute Gasteiger partial charge is 0.323 e. The zero-order chi connectivity index (χ0) is 22.7. The fourth-order valence-corrected chi connectivity index (χ4v) is 3.48. The number of carboxylic acid groups (broad SMARTS) is 1. The minimum absolute atomic E-state index is 0.153. The molecule has 0 aromatic heterocycles. The van der Waals surface area contributed by atoms with Crippen LogP contribution in [0.5, 0.6) is 0 Å². The van der Waals surface area contributed by atoms with Crippen molar-refractivity contribution in [2.75, 3.05) is 6.54 Å². The maximum absolute atomic E-state index is 13.3. The third-order valence-corrected chi connectivity index (χ3v) is 4.92. The van der Waals surface area contributed by atoms with E-state index in [0.717, 1.165) is 0 Å². The second-order valence-electron chi connectivity index (χ2n) is 7.40. The molecule has 0 saturated carbocycles. The van der Waals surface area contributed by atoms with Gasteiger partial charge in [0, 0.05) is 23.9 Å². The highest BCUT2D eigenvalue weighted by Crippen LogP contribution is 2.31. The van der Waals surface area contributed by atoms with Gasteiger partial charge in [-0.15, -0.1) is 0 Å². The number of carboxylic acids is 1. The van der Waals surface area contributed by atoms with E-state index >= 15 is 0 Å². The molecule has 1 unspecified atom stereocenters. The molecule has 31 heavy (non-hydrogen) atoms. The van der Waals surface area contributed by atoms with Gasteiger partial charge in [-0.1, -0.05) is 44.2 Å². The van der Waals surface area contributed by atoms with Gasteiger partial charge in [-0.2, -0.15) is 0 Å². The third-order valence-electron chi connectivity index (χ3n) is 4.92. The molecule has 0 spiro atoms. The van der Waals surface area contributed by atoms with Crippen LogP contribution in [0.4, 0.5) is 5.69 Å². The molecule has 1 heterocycles. The van der Waals surface area contributed by atoms with Crippen molar-refractivity contribution in [1.82, 2.24) is 9.80 Å². The highest BCUT2D eigenvalue weighted by molar-refractivity contribution is 6.03. The summed E-state index contributed by atoms with van der Waals surface area (Å²) in [4.78, 5) is 50.8. The first-order valence-corrected chi connectivity index (χ1v) is 9.58. The minimum Gasteiger partial charge on any atom is -0.480 e. The first kappa shape index (κ1) is 21.7. The number of nitrogens with zero attached hydrogens (tertiary/aromatic N) is 3. The normalized spacial score (nSPS) is 16.3. The quantitative estimate of drug-likeness (QED) is 0.563. The number of hydrogen-bond donors (Lipinski definition) is 1. The molecule has 1 N–H and O–H groups in total. The maximum Gasteiger partial charge on any atom is 0.323 e. The van der Waals surface area contributed by atoms with Gasteiger partial charge >= 0.3 is 5.97 Å². The number of non-ortho nitro benzene ring substituents is 1. The summed E-state index contributed by atoms with van der Waals surface area (Å²) >= 11 is 0. The summed E-state index contributed by atoms with van der Waals surface area (Å²) in [7, 11) is 0. The Hall–Kier alpha value is -4.01. The van der Waals surface area contributed by atoms with Gasteiger partial charge in [0.05, 0.1) is 10.6 Å². The summed E-state index contributed by atoms with van der Waals surface area (Å²) in [6.07, 6.45) is 1.48. The Morgan fingerprint density at radius 2 is 1.71 bits per heavy atom. The molecule has 1 aliphatic rings. The molecule has 9 heteroatoms. The second kappa shape index (κ2) is 8.78. The number of carbonyl (C=O) groups is 3. The molecule has 9 nitrogen and oxygen atoms in total. The molecule has 1 atom stereocenters. The molecule has 0 radical (unpaired) electrons. The Morgan fingerprint density at radius 1 is 1.10 bits per heavy atom. The van der Waals surface area contributed by atoms with Crippen LogP contribution in [0.1, 0.15) is 29.8 Å². The number of aliphatic carboxylic acids is 1. The molecule has 2 aromatic rings. The molecule has 0 aliphatic carbocycles. The van der Waals surface area contributed by atoms with Crippen molar-refractivity contribution in [1.29, 1.82) is 0 Å². The lowest BCUT2D eigenvalue weighted by Gasteiger charge is -2.40. The molecular formula is C22H21N3O6. The third kappa shape index (κ3) is 4.45. The molecule has 2 aromatic carbocycles. The van der Waals surface area contributed by atoms with Crippen molar-refractivity contribution in [3.63, 3.8) is 0 Å². The SMILES string of the molecule is CC(C)C1C(=O)N(CC(=O)O)C(c2ccccc2)=CN1C(=O)c1ccc([N+](=O)[O-])cc1. The van der Waals surface area contributed by atoms with Crippen molar-refractivity contribution >= 4 is 29.2 Å². The predicted molar refractivity (Wildman–Crippen MR) is 112 cm³/mol. The van der Waals surface area contributed by atoms with Gasteiger partial charge in [-0.3, -0.25) is 29.4 Å². The van der Waals surface area contributed by atoms with Crippen molar-refractivity contribution in [2.24, 2.45) is 5.92 Å². The molecule has 160 valence electrons. The van der Waals surface area contributed by atoms with Crippen LogP contribution >= 0.6 is 0 Å². The van der Waals surface area contributed by atoms with Crippen LogP contribution in [0, 0.1) is 16.0 Å². The van der Waals surface area contributed by atoms with E-state index in [2.05, 4.69) is 0 Å². The summed E-state index contributed by atoms with van der Waals surface area (Å²) in [5.74, 6) is -2.49. The van der Waals surface area contributed by atoms with Crippen molar-refractivity contribution in [3.8, 4) is 0 Å². The maximum atomic E-state index is 13.3. The van der Waals surface area contributed by atoms with E-state index in [1.54, 1.807) is 44.2 Å². The van der Waals surface area contributed by atoms with E-state index in [1.165, 1.54) is 40.3 Å². The lowest BCUT2D eigenvalue weighted by atomic mass is 9.96. The zero-order valence-corrected chi connectivity index (χ0v) is 17.0. The number of nitro benzene ring substituents is 1. The summed E-state index contributed by atoms with van der Waals surface area (Å²) in [6, 6.07) is 12.9. The van der Waals surface area contributed by atoms with E-state index in [1.807, 2.05) is 0 Å². The van der Waals surface area contributed by atoms with Gasteiger partial charge in [0.1, 0.15) is 12.6 Å². The molecule has 0 bridgehead atoms. The minimum atomic E-state index is -1.17. The average Bonchev–Trinajstić information content (AvgIpc) is 2.74. The molecule has 0 saturated heterocycles. The van der Waals surface area contributed by atoms with Crippen molar-refractivity contribution < 1.29 is 24.4 Å². The lowest BCUT2D eigenvalue weighted by Crippen LogP contribution is -2.55.